The number of phenolic OH excluding ortho intramolecular Hbond substituents is 1. The van der Waals surface area contributed by atoms with E-state index in [-0.39, 0.29) is 19.0 Å². The van der Waals surface area contributed by atoms with Crippen molar-refractivity contribution in [3.8, 4) is 5.75 Å². The summed E-state index contributed by atoms with van der Waals surface area (Å²) in [5.74, 6) is -1.11. The maximum atomic E-state index is 13.3. The van der Waals surface area contributed by atoms with Crippen molar-refractivity contribution in [1.82, 2.24) is 0 Å². The number of halogens is 2. The standard InChI is InChI=1S/C12H18FNO2.ClH/c1-7-4-8(10(16)9(13)5-7)11(14)12(2,3)6-15;/h4-5,11,15-16H,6,14H2,1-3H3;1H/t11-;/m0./s1. The number of phenols is 1. The molecule has 4 N–H and O–H groups in total. The molecule has 0 aliphatic carbocycles. The van der Waals surface area contributed by atoms with E-state index in [1.165, 1.54) is 6.07 Å². The Morgan fingerprint density at radius 3 is 2.41 bits per heavy atom. The zero-order valence-electron chi connectivity index (χ0n) is 10.2. The minimum absolute atomic E-state index is 0. The van der Waals surface area contributed by atoms with E-state index in [0.29, 0.717) is 11.1 Å². The summed E-state index contributed by atoms with van der Waals surface area (Å²) in [4.78, 5) is 0. The molecule has 1 aromatic carbocycles. The Hall–Kier alpha value is -0.840. The van der Waals surface area contributed by atoms with Crippen LogP contribution in [0.2, 0.25) is 0 Å². The molecule has 0 spiro atoms. The average Bonchev–Trinajstić information content (AvgIpc) is 2.22. The van der Waals surface area contributed by atoms with Crippen molar-refractivity contribution in [2.75, 3.05) is 6.61 Å². The van der Waals surface area contributed by atoms with Gasteiger partial charge in [-0.25, -0.2) is 4.39 Å². The van der Waals surface area contributed by atoms with E-state index in [1.807, 2.05) is 0 Å². The van der Waals surface area contributed by atoms with Gasteiger partial charge in [-0.1, -0.05) is 19.9 Å². The van der Waals surface area contributed by atoms with Gasteiger partial charge in [0.1, 0.15) is 0 Å². The molecule has 0 aliphatic heterocycles. The van der Waals surface area contributed by atoms with Crippen LogP contribution in [0.25, 0.3) is 0 Å². The molecule has 0 heterocycles. The van der Waals surface area contributed by atoms with Crippen molar-refractivity contribution in [3.05, 3.63) is 29.1 Å². The highest BCUT2D eigenvalue weighted by Crippen LogP contribution is 2.36. The van der Waals surface area contributed by atoms with E-state index in [1.54, 1.807) is 26.8 Å². The number of hydrogen-bond acceptors (Lipinski definition) is 3. The van der Waals surface area contributed by atoms with E-state index >= 15 is 0 Å². The van der Waals surface area contributed by atoms with Crippen LogP contribution < -0.4 is 5.73 Å². The molecule has 17 heavy (non-hydrogen) atoms. The van der Waals surface area contributed by atoms with Gasteiger partial charge in [0.05, 0.1) is 0 Å². The number of rotatable bonds is 3. The van der Waals surface area contributed by atoms with Crippen LogP contribution in [0.3, 0.4) is 0 Å². The molecule has 0 fully saturated rings. The quantitative estimate of drug-likeness (QED) is 0.784. The predicted octanol–water partition coefficient (Wildman–Crippen LogP) is 2.28. The Bertz CT molecular complexity index is 396. The highest BCUT2D eigenvalue weighted by molar-refractivity contribution is 5.85. The molecule has 0 bridgehead atoms. The van der Waals surface area contributed by atoms with Crippen molar-refractivity contribution in [1.29, 1.82) is 0 Å². The van der Waals surface area contributed by atoms with Crippen LogP contribution in [-0.4, -0.2) is 16.8 Å². The van der Waals surface area contributed by atoms with Crippen LogP contribution in [-0.2, 0) is 0 Å². The van der Waals surface area contributed by atoms with Crippen molar-refractivity contribution >= 4 is 12.4 Å². The summed E-state index contributed by atoms with van der Waals surface area (Å²) >= 11 is 0. The predicted molar refractivity (Wildman–Crippen MR) is 67.8 cm³/mol. The van der Waals surface area contributed by atoms with Crippen LogP contribution in [0, 0.1) is 18.2 Å². The van der Waals surface area contributed by atoms with Crippen LogP contribution >= 0.6 is 12.4 Å². The van der Waals surface area contributed by atoms with Crippen molar-refractivity contribution < 1.29 is 14.6 Å². The number of benzene rings is 1. The molecule has 0 saturated carbocycles. The molecule has 1 atom stereocenters. The number of aromatic hydroxyl groups is 1. The van der Waals surface area contributed by atoms with Gasteiger partial charge >= 0.3 is 0 Å². The molecule has 0 amide bonds. The fraction of sp³-hybridized carbons (Fsp3) is 0.500. The van der Waals surface area contributed by atoms with E-state index in [2.05, 4.69) is 0 Å². The maximum absolute atomic E-state index is 13.3. The molecule has 0 aromatic heterocycles. The van der Waals surface area contributed by atoms with Crippen LogP contribution in [0.5, 0.6) is 5.75 Å². The molecule has 98 valence electrons. The van der Waals surface area contributed by atoms with E-state index in [0.717, 1.165) is 0 Å². The van der Waals surface area contributed by atoms with Gasteiger partial charge in [0.25, 0.3) is 0 Å². The Labute approximate surface area is 107 Å². The first-order valence-electron chi connectivity index (χ1n) is 5.15. The molecule has 1 rings (SSSR count). The summed E-state index contributed by atoms with van der Waals surface area (Å²) in [5.41, 5.74) is 6.34. The van der Waals surface area contributed by atoms with E-state index in [9.17, 15) is 14.6 Å². The second-order valence-corrected chi connectivity index (χ2v) is 4.81. The van der Waals surface area contributed by atoms with Gasteiger partial charge < -0.3 is 15.9 Å². The Kier molecular flexibility index (Phi) is 5.39. The first kappa shape index (κ1) is 16.2. The minimum Gasteiger partial charge on any atom is -0.505 e. The molecule has 5 heteroatoms. The lowest BCUT2D eigenvalue weighted by Crippen LogP contribution is -2.32. The number of nitrogens with two attached hydrogens (primary N) is 1. The highest BCUT2D eigenvalue weighted by Gasteiger charge is 2.29. The highest BCUT2D eigenvalue weighted by atomic mass is 35.5. The summed E-state index contributed by atoms with van der Waals surface area (Å²) in [7, 11) is 0. The lowest BCUT2D eigenvalue weighted by molar-refractivity contribution is 0.131. The lowest BCUT2D eigenvalue weighted by Gasteiger charge is -2.30. The molecular weight excluding hydrogens is 245 g/mol. The first-order valence-corrected chi connectivity index (χ1v) is 5.15. The number of aliphatic hydroxyl groups is 1. The third-order valence-corrected chi connectivity index (χ3v) is 2.82. The lowest BCUT2D eigenvalue weighted by atomic mass is 9.81. The SMILES string of the molecule is Cc1cc(F)c(O)c([C@H](N)C(C)(C)CO)c1.Cl. The van der Waals surface area contributed by atoms with Gasteiger partial charge in [-0.15, -0.1) is 12.4 Å². The molecule has 0 radical (unpaired) electrons. The van der Waals surface area contributed by atoms with Gasteiger partial charge in [0.15, 0.2) is 11.6 Å². The third kappa shape index (κ3) is 3.31. The topological polar surface area (TPSA) is 66.5 Å². The molecular formula is C12H19ClFNO2. The van der Waals surface area contributed by atoms with Gasteiger partial charge in [0.2, 0.25) is 0 Å². The normalized spacial score (nSPS) is 13.1. The van der Waals surface area contributed by atoms with Crippen molar-refractivity contribution in [2.24, 2.45) is 11.1 Å². The average molecular weight is 264 g/mol. The first-order chi connectivity index (χ1) is 7.29. The number of hydrogen-bond donors (Lipinski definition) is 3. The van der Waals surface area contributed by atoms with Crippen LogP contribution in [0.4, 0.5) is 4.39 Å². The summed E-state index contributed by atoms with van der Waals surface area (Å²) in [6, 6.07) is 2.27. The maximum Gasteiger partial charge on any atom is 0.165 e. The summed E-state index contributed by atoms with van der Waals surface area (Å²) in [5, 5.41) is 18.8. The molecule has 0 unspecified atom stereocenters. The molecule has 1 aromatic rings. The molecule has 0 saturated heterocycles. The Morgan fingerprint density at radius 2 is 1.94 bits per heavy atom. The van der Waals surface area contributed by atoms with Gasteiger partial charge in [-0.2, -0.15) is 0 Å². The smallest absolute Gasteiger partial charge is 0.165 e. The van der Waals surface area contributed by atoms with Gasteiger partial charge in [0, 0.05) is 23.6 Å². The summed E-state index contributed by atoms with van der Waals surface area (Å²) in [6.45, 7) is 5.11. The van der Waals surface area contributed by atoms with E-state index < -0.39 is 23.0 Å². The molecule has 3 nitrogen and oxygen atoms in total. The van der Waals surface area contributed by atoms with E-state index in [4.69, 9.17) is 5.73 Å². The largest absolute Gasteiger partial charge is 0.505 e. The van der Waals surface area contributed by atoms with Gasteiger partial charge in [-0.3, -0.25) is 0 Å². The molecule has 0 aliphatic rings. The summed E-state index contributed by atoms with van der Waals surface area (Å²) in [6.07, 6.45) is 0. The summed E-state index contributed by atoms with van der Waals surface area (Å²) < 4.78 is 13.3. The Balaban J connectivity index is 0.00000256. The Morgan fingerprint density at radius 1 is 1.41 bits per heavy atom. The van der Waals surface area contributed by atoms with Crippen molar-refractivity contribution in [3.63, 3.8) is 0 Å². The zero-order valence-corrected chi connectivity index (χ0v) is 11.0. The minimum atomic E-state index is -0.681. The fourth-order valence-corrected chi connectivity index (χ4v) is 1.52. The second-order valence-electron chi connectivity index (χ2n) is 4.81. The number of aryl methyl sites for hydroxylation is 1. The monoisotopic (exact) mass is 263 g/mol. The fourth-order valence-electron chi connectivity index (χ4n) is 1.52. The van der Waals surface area contributed by atoms with Crippen molar-refractivity contribution in [2.45, 2.75) is 26.8 Å². The zero-order chi connectivity index (χ0) is 12.5. The third-order valence-electron chi connectivity index (χ3n) is 2.82. The number of aliphatic hydroxyl groups excluding tert-OH is 1. The van der Waals surface area contributed by atoms with Crippen LogP contribution in [0.15, 0.2) is 12.1 Å². The van der Waals surface area contributed by atoms with Crippen LogP contribution in [0.1, 0.15) is 31.0 Å². The second kappa shape index (κ2) is 5.67. The van der Waals surface area contributed by atoms with Gasteiger partial charge in [-0.05, 0) is 18.6 Å².